The van der Waals surface area contributed by atoms with Gasteiger partial charge in [-0.3, -0.25) is 0 Å². The lowest BCUT2D eigenvalue weighted by molar-refractivity contribution is 1.18. The molecule has 0 fully saturated rings. The molecule has 0 aliphatic rings. The minimum atomic E-state index is 0.694. The zero-order valence-corrected chi connectivity index (χ0v) is 35.5. The van der Waals surface area contributed by atoms with Crippen molar-refractivity contribution in [2.75, 3.05) is 0 Å². The summed E-state index contributed by atoms with van der Waals surface area (Å²) in [7, 11) is 0. The molecule has 0 unspecified atom stereocenters. The van der Waals surface area contributed by atoms with Gasteiger partial charge in [0.25, 0.3) is 0 Å². The maximum absolute atomic E-state index is 5.30. The van der Waals surface area contributed by atoms with Crippen LogP contribution >= 0.6 is 0 Å². The van der Waals surface area contributed by atoms with E-state index in [-0.39, 0.29) is 0 Å². The number of benzene rings is 10. The van der Waals surface area contributed by atoms with Crippen molar-refractivity contribution in [1.82, 2.24) is 14.5 Å². The second-order valence-electron chi connectivity index (χ2n) is 16.6. The lowest BCUT2D eigenvalue weighted by Crippen LogP contribution is -1.97. The third-order valence-electron chi connectivity index (χ3n) is 12.6. The van der Waals surface area contributed by atoms with E-state index in [4.69, 9.17) is 9.97 Å². The van der Waals surface area contributed by atoms with Crippen LogP contribution in [0.15, 0.2) is 249 Å². The van der Waals surface area contributed by atoms with Crippen molar-refractivity contribution < 1.29 is 0 Å². The largest absolute Gasteiger partial charge is 0.309 e. The molecule has 3 heteroatoms. The third-order valence-corrected chi connectivity index (χ3v) is 12.6. The Bertz CT molecular complexity index is 3690. The van der Waals surface area contributed by atoms with Crippen molar-refractivity contribution in [2.24, 2.45) is 0 Å². The molecule has 0 saturated heterocycles. The molecule has 2 aromatic heterocycles. The van der Waals surface area contributed by atoms with Crippen LogP contribution in [0.4, 0.5) is 0 Å². The van der Waals surface area contributed by atoms with E-state index in [0.717, 1.165) is 72.4 Å². The zero-order valence-electron chi connectivity index (χ0n) is 35.5. The summed E-state index contributed by atoms with van der Waals surface area (Å²) in [5.74, 6) is 0.694. The molecular weight excluding hydrogens is 787 g/mol. The Morgan fingerprint density at radius 2 is 0.723 bits per heavy atom. The first kappa shape index (κ1) is 38.0. The fraction of sp³-hybridized carbons (Fsp3) is 0. The van der Waals surface area contributed by atoms with Crippen molar-refractivity contribution in [3.63, 3.8) is 0 Å². The number of nitrogens with zero attached hydrogens (tertiary/aromatic N) is 3. The fourth-order valence-electron chi connectivity index (χ4n) is 9.46. The van der Waals surface area contributed by atoms with Crippen LogP contribution in [0.5, 0.6) is 0 Å². The molecule has 12 rings (SSSR count). The van der Waals surface area contributed by atoms with Crippen LogP contribution in [-0.2, 0) is 0 Å². The predicted molar refractivity (Wildman–Crippen MR) is 272 cm³/mol. The Hall–Kier alpha value is -8.66. The molecule has 2 heterocycles. The molecule has 0 saturated carbocycles. The fourth-order valence-corrected chi connectivity index (χ4v) is 9.46. The van der Waals surface area contributed by atoms with Gasteiger partial charge in [-0.1, -0.05) is 194 Å². The normalized spacial score (nSPS) is 11.4. The Labute approximate surface area is 378 Å². The topological polar surface area (TPSA) is 30.7 Å². The van der Waals surface area contributed by atoms with Crippen LogP contribution in [0.2, 0.25) is 0 Å². The van der Waals surface area contributed by atoms with Crippen LogP contribution in [0.25, 0.3) is 117 Å². The lowest BCUT2D eigenvalue weighted by Gasteiger charge is -2.16. The van der Waals surface area contributed by atoms with E-state index in [1.807, 2.05) is 18.2 Å². The molecule has 304 valence electrons. The van der Waals surface area contributed by atoms with E-state index < -0.39 is 0 Å². The number of hydrogen-bond donors (Lipinski definition) is 0. The Balaban J connectivity index is 1.03. The van der Waals surface area contributed by atoms with Gasteiger partial charge < -0.3 is 4.57 Å². The van der Waals surface area contributed by atoms with Gasteiger partial charge in [-0.05, 0) is 110 Å². The summed E-state index contributed by atoms with van der Waals surface area (Å²) in [6.45, 7) is 0. The highest BCUT2D eigenvalue weighted by Crippen LogP contribution is 2.41. The van der Waals surface area contributed by atoms with Crippen LogP contribution in [0.3, 0.4) is 0 Å². The van der Waals surface area contributed by atoms with Gasteiger partial charge in [-0.25, -0.2) is 9.97 Å². The van der Waals surface area contributed by atoms with Crippen molar-refractivity contribution in [3.05, 3.63) is 249 Å². The smallest absolute Gasteiger partial charge is 0.160 e. The molecule has 65 heavy (non-hydrogen) atoms. The summed E-state index contributed by atoms with van der Waals surface area (Å²) in [6.07, 6.45) is 0. The van der Waals surface area contributed by atoms with Crippen molar-refractivity contribution in [2.45, 2.75) is 0 Å². The molecule has 0 aliphatic carbocycles. The highest BCUT2D eigenvalue weighted by atomic mass is 15.0. The van der Waals surface area contributed by atoms with Gasteiger partial charge >= 0.3 is 0 Å². The molecule has 0 bridgehead atoms. The highest BCUT2D eigenvalue weighted by Gasteiger charge is 2.18. The molecule has 0 amide bonds. The van der Waals surface area contributed by atoms with Crippen molar-refractivity contribution in [1.29, 1.82) is 0 Å². The molecule has 12 aromatic rings. The van der Waals surface area contributed by atoms with E-state index in [0.29, 0.717) is 5.82 Å². The summed E-state index contributed by atoms with van der Waals surface area (Å²) in [5, 5.41) is 4.78. The van der Waals surface area contributed by atoms with E-state index in [9.17, 15) is 0 Å². The van der Waals surface area contributed by atoms with Gasteiger partial charge in [0.1, 0.15) is 0 Å². The van der Waals surface area contributed by atoms with Crippen LogP contribution in [-0.4, -0.2) is 14.5 Å². The van der Waals surface area contributed by atoms with Gasteiger partial charge in [0.05, 0.1) is 22.4 Å². The van der Waals surface area contributed by atoms with Gasteiger partial charge in [-0.15, -0.1) is 0 Å². The standard InChI is InChI=1S/C62H41N3/c1-5-18-42(19-6-1)45-24-17-25-47(36-45)58-41-59(64-62(63-58)44-22-9-3-10-23-44)55-35-34-52(53-28-13-14-29-54(53)55)50-38-48(43-20-7-2-8-21-43)37-49(39-50)46-32-33-57-56-30-15-16-31-60(56)65(61(57)40-46)51-26-11-4-12-27-51/h1-41H. The number of fused-ring (bicyclic) bond motifs is 4. The van der Waals surface area contributed by atoms with E-state index >= 15 is 0 Å². The second-order valence-corrected chi connectivity index (χ2v) is 16.6. The minimum absolute atomic E-state index is 0.694. The Morgan fingerprint density at radius 1 is 0.246 bits per heavy atom. The molecule has 0 aliphatic heterocycles. The second kappa shape index (κ2) is 16.2. The summed E-state index contributed by atoms with van der Waals surface area (Å²) < 4.78 is 2.39. The summed E-state index contributed by atoms with van der Waals surface area (Å²) in [6, 6.07) is 89.0. The monoisotopic (exact) mass is 827 g/mol. The minimum Gasteiger partial charge on any atom is -0.309 e. The molecular formula is C62H41N3. The van der Waals surface area contributed by atoms with E-state index in [2.05, 4.69) is 235 Å². The maximum atomic E-state index is 5.30. The number of aromatic nitrogens is 3. The summed E-state index contributed by atoms with van der Waals surface area (Å²) >= 11 is 0. The number of rotatable bonds is 8. The first-order valence-corrected chi connectivity index (χ1v) is 22.1. The predicted octanol–water partition coefficient (Wildman–Crippen LogP) is 16.4. The number of hydrogen-bond acceptors (Lipinski definition) is 2. The first-order valence-electron chi connectivity index (χ1n) is 22.1. The third kappa shape index (κ3) is 7.06. The van der Waals surface area contributed by atoms with Gasteiger partial charge in [0, 0.05) is 33.2 Å². The van der Waals surface area contributed by atoms with Crippen LogP contribution in [0, 0.1) is 0 Å². The highest BCUT2D eigenvalue weighted by molar-refractivity contribution is 6.11. The van der Waals surface area contributed by atoms with E-state index in [1.54, 1.807) is 0 Å². The molecule has 10 aromatic carbocycles. The molecule has 0 N–H and O–H groups in total. The van der Waals surface area contributed by atoms with Gasteiger partial charge in [0.15, 0.2) is 5.82 Å². The maximum Gasteiger partial charge on any atom is 0.160 e. The van der Waals surface area contributed by atoms with Crippen molar-refractivity contribution >= 4 is 32.6 Å². The molecule has 3 nitrogen and oxygen atoms in total. The average Bonchev–Trinajstić information content (AvgIpc) is 3.73. The Morgan fingerprint density at radius 3 is 1.45 bits per heavy atom. The van der Waals surface area contributed by atoms with Crippen molar-refractivity contribution in [3.8, 4) is 84.1 Å². The lowest BCUT2D eigenvalue weighted by atomic mass is 9.89. The molecule has 0 atom stereocenters. The molecule has 0 spiro atoms. The first-order chi connectivity index (χ1) is 32.2. The van der Waals surface area contributed by atoms with Gasteiger partial charge in [0.2, 0.25) is 0 Å². The van der Waals surface area contributed by atoms with E-state index in [1.165, 1.54) is 38.5 Å². The Kier molecular flexibility index (Phi) is 9.50. The number of para-hydroxylation sites is 2. The van der Waals surface area contributed by atoms with Crippen LogP contribution in [0.1, 0.15) is 0 Å². The average molecular weight is 828 g/mol. The SMILES string of the molecule is c1ccc(-c2cccc(-c3cc(-c4ccc(-c5cc(-c6ccccc6)cc(-c6ccc7c8ccccc8n(-c8ccccc8)c7c6)c5)c5ccccc45)nc(-c4ccccc4)n3)c2)cc1. The zero-order chi connectivity index (χ0) is 43.1. The summed E-state index contributed by atoms with van der Waals surface area (Å²) in [4.78, 5) is 10.5. The summed E-state index contributed by atoms with van der Waals surface area (Å²) in [5.41, 5.74) is 17.7. The molecule has 0 radical (unpaired) electrons. The quantitative estimate of drug-likeness (QED) is 0.153. The van der Waals surface area contributed by atoms with Crippen LogP contribution < -0.4 is 0 Å². The van der Waals surface area contributed by atoms with Gasteiger partial charge in [-0.2, -0.15) is 0 Å².